The first kappa shape index (κ1) is 10.5. The number of carbonyl (C=O) groups is 1. The van der Waals surface area contributed by atoms with Gasteiger partial charge in [-0.25, -0.2) is 0 Å². The summed E-state index contributed by atoms with van der Waals surface area (Å²) in [4.78, 5) is 15.0. The van der Waals surface area contributed by atoms with Crippen molar-refractivity contribution in [3.8, 4) is 0 Å². The Kier molecular flexibility index (Phi) is 3.41. The van der Waals surface area contributed by atoms with Gasteiger partial charge in [0.1, 0.15) is 6.04 Å². The van der Waals surface area contributed by atoms with Crippen molar-refractivity contribution in [2.75, 3.05) is 12.8 Å². The van der Waals surface area contributed by atoms with Crippen molar-refractivity contribution in [1.29, 1.82) is 0 Å². The number of hydrogen-bond acceptors (Lipinski definition) is 5. The smallest absolute Gasteiger partial charge is 0.323 e. The van der Waals surface area contributed by atoms with E-state index in [1.165, 1.54) is 7.11 Å². The van der Waals surface area contributed by atoms with Crippen LogP contribution < -0.4 is 11.5 Å². The highest BCUT2D eigenvalue weighted by Gasteiger charge is 2.14. The van der Waals surface area contributed by atoms with Gasteiger partial charge in [0.25, 0.3) is 0 Å². The van der Waals surface area contributed by atoms with Gasteiger partial charge in [0, 0.05) is 24.0 Å². The Morgan fingerprint density at radius 2 is 2.43 bits per heavy atom. The van der Waals surface area contributed by atoms with E-state index in [9.17, 15) is 4.79 Å². The first-order valence-corrected chi connectivity index (χ1v) is 4.17. The molecule has 0 aliphatic carbocycles. The largest absolute Gasteiger partial charge is 0.468 e. The highest BCUT2D eigenvalue weighted by molar-refractivity contribution is 5.75. The molecule has 4 N–H and O–H groups in total. The summed E-state index contributed by atoms with van der Waals surface area (Å²) >= 11 is 0. The minimum absolute atomic E-state index is 0.331. The topological polar surface area (TPSA) is 91.2 Å². The molecule has 0 spiro atoms. The van der Waals surface area contributed by atoms with Crippen LogP contribution in [-0.2, 0) is 16.0 Å². The number of nitrogens with two attached hydrogens (primary N) is 2. The minimum atomic E-state index is -0.686. The van der Waals surface area contributed by atoms with Gasteiger partial charge >= 0.3 is 5.97 Å². The number of nitrogen functional groups attached to an aromatic ring is 1. The predicted molar refractivity (Wildman–Crippen MR) is 52.3 cm³/mol. The van der Waals surface area contributed by atoms with Crippen molar-refractivity contribution in [3.05, 3.63) is 24.0 Å². The first-order chi connectivity index (χ1) is 6.63. The van der Waals surface area contributed by atoms with Crippen LogP contribution in [0.25, 0.3) is 0 Å². The molecule has 1 atom stereocenters. The molecule has 1 unspecified atom stereocenters. The van der Waals surface area contributed by atoms with Crippen molar-refractivity contribution in [3.63, 3.8) is 0 Å². The molecule has 14 heavy (non-hydrogen) atoms. The fourth-order valence-corrected chi connectivity index (χ4v) is 1.07. The Morgan fingerprint density at radius 3 is 3.00 bits per heavy atom. The van der Waals surface area contributed by atoms with Gasteiger partial charge in [0.05, 0.1) is 7.11 Å². The van der Waals surface area contributed by atoms with Crippen LogP contribution in [0.4, 0.5) is 5.69 Å². The molecule has 5 nitrogen and oxygen atoms in total. The molecule has 0 fully saturated rings. The molecule has 0 saturated heterocycles. The Hall–Kier alpha value is -1.62. The third kappa shape index (κ3) is 2.70. The quantitative estimate of drug-likeness (QED) is 0.646. The first-order valence-electron chi connectivity index (χ1n) is 4.17. The van der Waals surface area contributed by atoms with Gasteiger partial charge < -0.3 is 16.2 Å². The molecule has 1 rings (SSSR count). The Labute approximate surface area is 82.1 Å². The summed E-state index contributed by atoms with van der Waals surface area (Å²) in [6.45, 7) is 0. The van der Waals surface area contributed by atoms with Gasteiger partial charge in [-0.2, -0.15) is 0 Å². The maximum absolute atomic E-state index is 11.0. The molecule has 1 aromatic rings. The van der Waals surface area contributed by atoms with E-state index in [0.717, 1.165) is 0 Å². The van der Waals surface area contributed by atoms with Crippen LogP contribution in [0, 0.1) is 0 Å². The van der Waals surface area contributed by atoms with E-state index in [-0.39, 0.29) is 0 Å². The van der Waals surface area contributed by atoms with Crippen molar-refractivity contribution >= 4 is 11.7 Å². The molecule has 0 aliphatic heterocycles. The van der Waals surface area contributed by atoms with Crippen LogP contribution in [0.2, 0.25) is 0 Å². The lowest BCUT2D eigenvalue weighted by atomic mass is 10.1. The fraction of sp³-hybridized carbons (Fsp3) is 0.333. The number of esters is 1. The Morgan fingerprint density at radius 1 is 1.71 bits per heavy atom. The SMILES string of the molecule is COC(=O)C(N)Cc1cc(N)ccn1. The number of anilines is 1. The third-order valence-corrected chi connectivity index (χ3v) is 1.77. The lowest BCUT2D eigenvalue weighted by Crippen LogP contribution is -2.33. The van der Waals surface area contributed by atoms with Crippen molar-refractivity contribution in [2.24, 2.45) is 5.73 Å². The zero-order valence-corrected chi connectivity index (χ0v) is 7.93. The molecule has 5 heteroatoms. The zero-order valence-electron chi connectivity index (χ0n) is 7.93. The standard InChI is InChI=1S/C9H13N3O2/c1-14-9(13)8(11)5-7-4-6(10)2-3-12-7/h2-4,8H,5,11H2,1H3,(H2,10,12). The normalized spacial score (nSPS) is 12.1. The van der Waals surface area contributed by atoms with E-state index in [1.54, 1.807) is 18.3 Å². The fourth-order valence-electron chi connectivity index (χ4n) is 1.07. The molecule has 0 bridgehead atoms. The molecule has 0 aliphatic rings. The van der Waals surface area contributed by atoms with Crippen molar-refractivity contribution < 1.29 is 9.53 Å². The molecule has 0 saturated carbocycles. The number of methoxy groups -OCH3 is 1. The van der Waals surface area contributed by atoms with Gasteiger partial charge in [0.2, 0.25) is 0 Å². The molecule has 1 aromatic heterocycles. The second-order valence-corrected chi connectivity index (χ2v) is 2.91. The molecular formula is C9H13N3O2. The van der Waals surface area contributed by atoms with Gasteiger partial charge in [0.15, 0.2) is 0 Å². The summed E-state index contributed by atoms with van der Waals surface area (Å²) in [5.41, 5.74) is 12.4. The molecule has 1 heterocycles. The van der Waals surface area contributed by atoms with Gasteiger partial charge in [-0.15, -0.1) is 0 Å². The summed E-state index contributed by atoms with van der Waals surface area (Å²) in [6.07, 6.45) is 1.91. The third-order valence-electron chi connectivity index (χ3n) is 1.77. The number of pyridine rings is 1. The number of nitrogens with zero attached hydrogens (tertiary/aromatic N) is 1. The van der Waals surface area contributed by atoms with Crippen LogP contribution >= 0.6 is 0 Å². The number of aromatic nitrogens is 1. The van der Waals surface area contributed by atoms with Crippen LogP contribution in [0.15, 0.2) is 18.3 Å². The molecule has 0 amide bonds. The van der Waals surface area contributed by atoms with Crippen LogP contribution in [0.3, 0.4) is 0 Å². The second kappa shape index (κ2) is 4.57. The van der Waals surface area contributed by atoms with Gasteiger partial charge in [-0.1, -0.05) is 0 Å². The lowest BCUT2D eigenvalue weighted by Gasteiger charge is -2.08. The van der Waals surface area contributed by atoms with Crippen LogP contribution in [0.5, 0.6) is 0 Å². The number of rotatable bonds is 3. The predicted octanol–water partition coefficient (Wildman–Crippen LogP) is -0.293. The number of hydrogen-bond donors (Lipinski definition) is 2. The number of carbonyl (C=O) groups excluding carboxylic acids is 1. The molecular weight excluding hydrogens is 182 g/mol. The van der Waals surface area contributed by atoms with Crippen LogP contribution in [-0.4, -0.2) is 24.1 Å². The highest BCUT2D eigenvalue weighted by Crippen LogP contribution is 2.05. The average Bonchev–Trinajstić information content (AvgIpc) is 2.16. The minimum Gasteiger partial charge on any atom is -0.468 e. The summed E-state index contributed by atoms with van der Waals surface area (Å²) in [6, 6.07) is 2.67. The number of ether oxygens (including phenoxy) is 1. The molecule has 76 valence electrons. The lowest BCUT2D eigenvalue weighted by molar-refractivity contribution is -0.142. The van der Waals surface area contributed by atoms with E-state index < -0.39 is 12.0 Å². The van der Waals surface area contributed by atoms with Crippen molar-refractivity contribution in [2.45, 2.75) is 12.5 Å². The van der Waals surface area contributed by atoms with Crippen LogP contribution in [0.1, 0.15) is 5.69 Å². The summed E-state index contributed by atoms with van der Waals surface area (Å²) in [5.74, 6) is -0.450. The maximum Gasteiger partial charge on any atom is 0.323 e. The second-order valence-electron chi connectivity index (χ2n) is 2.91. The Bertz CT molecular complexity index is 328. The molecule has 0 radical (unpaired) electrons. The van der Waals surface area contributed by atoms with E-state index in [4.69, 9.17) is 11.5 Å². The van der Waals surface area contributed by atoms with E-state index in [2.05, 4.69) is 9.72 Å². The van der Waals surface area contributed by atoms with E-state index in [1.807, 2.05) is 0 Å². The van der Waals surface area contributed by atoms with Gasteiger partial charge in [-0.05, 0) is 12.1 Å². The van der Waals surface area contributed by atoms with Crippen molar-refractivity contribution in [1.82, 2.24) is 4.98 Å². The maximum atomic E-state index is 11.0. The summed E-state index contributed by atoms with van der Waals surface area (Å²) in [7, 11) is 1.30. The summed E-state index contributed by atoms with van der Waals surface area (Å²) < 4.78 is 4.49. The average molecular weight is 195 g/mol. The summed E-state index contributed by atoms with van der Waals surface area (Å²) in [5, 5.41) is 0. The monoisotopic (exact) mass is 195 g/mol. The van der Waals surface area contributed by atoms with E-state index >= 15 is 0 Å². The highest BCUT2D eigenvalue weighted by atomic mass is 16.5. The van der Waals surface area contributed by atoms with E-state index in [0.29, 0.717) is 17.8 Å². The zero-order chi connectivity index (χ0) is 10.6. The Balaban J connectivity index is 2.64. The molecule has 0 aromatic carbocycles. The van der Waals surface area contributed by atoms with Gasteiger partial charge in [-0.3, -0.25) is 9.78 Å².